The molecule has 4 fully saturated rings. The molecular formula is C35H40FN5O3. The number of ether oxygens (including phenoxy) is 1. The number of fused-ring (bicyclic) bond motifs is 5. The Morgan fingerprint density at radius 3 is 2.43 bits per heavy atom. The van der Waals surface area contributed by atoms with Gasteiger partial charge in [0.25, 0.3) is 0 Å². The van der Waals surface area contributed by atoms with E-state index >= 15 is 4.39 Å². The van der Waals surface area contributed by atoms with Gasteiger partial charge in [-0.2, -0.15) is 4.98 Å². The van der Waals surface area contributed by atoms with Gasteiger partial charge in [0.15, 0.2) is 5.75 Å². The second-order valence-corrected chi connectivity index (χ2v) is 14.2. The molecule has 0 bridgehead atoms. The Labute approximate surface area is 257 Å². The summed E-state index contributed by atoms with van der Waals surface area (Å²) in [5, 5.41) is 0.859. The first-order chi connectivity index (χ1) is 21.1. The number of amides is 1. The number of likely N-dealkylation sites (tertiary alicyclic amines) is 1. The van der Waals surface area contributed by atoms with Gasteiger partial charge in [-0.1, -0.05) is 18.7 Å². The SMILES string of the molecule is C=CC(=O)N1CCN(c2nc(=O)n(C3C4(CC4)CN(C)CC34CC4)c3c4c(c(C)cc23)-c2c(ccc(C)c2F)CO4)[C@@H](C)C1. The van der Waals surface area contributed by atoms with Crippen molar-refractivity contribution in [2.45, 2.75) is 65.1 Å². The van der Waals surface area contributed by atoms with Crippen molar-refractivity contribution >= 4 is 22.6 Å². The molecule has 2 spiro atoms. The number of halogens is 1. The maximum Gasteiger partial charge on any atom is 0.350 e. The number of carbonyl (C=O) groups is 1. The normalized spacial score (nSPS) is 23.4. The molecule has 230 valence electrons. The van der Waals surface area contributed by atoms with Gasteiger partial charge in [-0.3, -0.25) is 9.36 Å². The number of piperazine rings is 1. The number of aryl methyl sites for hydroxylation is 2. The minimum atomic E-state index is -0.262. The van der Waals surface area contributed by atoms with Gasteiger partial charge in [-0.15, -0.1) is 0 Å². The molecule has 8 rings (SSSR count). The molecule has 0 N–H and O–H groups in total. The number of piperidine rings is 1. The van der Waals surface area contributed by atoms with Crippen LogP contribution in [-0.4, -0.2) is 71.1 Å². The Morgan fingerprint density at radius 1 is 1.09 bits per heavy atom. The summed E-state index contributed by atoms with van der Waals surface area (Å²) in [5.74, 6) is 0.889. The number of benzene rings is 2. The lowest BCUT2D eigenvalue weighted by Gasteiger charge is -2.46. The number of nitrogens with zero attached hydrogens (tertiary/aromatic N) is 5. The molecule has 0 unspecified atom stereocenters. The van der Waals surface area contributed by atoms with Crippen LogP contribution in [0, 0.1) is 30.5 Å². The first kappa shape index (κ1) is 27.8. The van der Waals surface area contributed by atoms with E-state index in [1.807, 2.05) is 17.6 Å². The summed E-state index contributed by atoms with van der Waals surface area (Å²) >= 11 is 0. The molecule has 5 aliphatic rings. The zero-order chi connectivity index (χ0) is 30.7. The van der Waals surface area contributed by atoms with E-state index in [4.69, 9.17) is 9.72 Å². The average Bonchev–Trinajstić information content (AvgIpc) is 3.93. The van der Waals surface area contributed by atoms with E-state index in [0.29, 0.717) is 42.3 Å². The lowest BCUT2D eigenvalue weighted by Crippen LogP contribution is -2.54. The molecule has 2 aromatic carbocycles. The van der Waals surface area contributed by atoms with E-state index in [9.17, 15) is 9.59 Å². The minimum absolute atomic E-state index is 0.0152. The molecule has 8 nitrogen and oxygen atoms in total. The summed E-state index contributed by atoms with van der Waals surface area (Å²) in [5.41, 5.74) is 4.16. The summed E-state index contributed by atoms with van der Waals surface area (Å²) in [6.07, 6.45) is 5.69. The van der Waals surface area contributed by atoms with E-state index in [0.717, 1.165) is 66.4 Å². The molecule has 2 saturated heterocycles. The molecule has 1 aromatic heterocycles. The summed E-state index contributed by atoms with van der Waals surface area (Å²) in [4.78, 5) is 38.3. The standard InChI is InChI=1S/C35H40FN5O3/c1-6-25(42)39-13-14-40(22(4)16-39)31-24-15-21(3)26-27-23(8-7-20(2)28(27)36)17-44-30(26)29(24)41(33(43)37-31)32-34(9-10-34)18-38(5)19-35(32)11-12-35/h6-8,15,22,32H,1,9-14,16-19H2,2-5H3/t22-/m0/s1. The monoisotopic (exact) mass is 597 g/mol. The molecule has 1 atom stereocenters. The lowest BCUT2D eigenvalue weighted by atomic mass is 9.78. The number of rotatable bonds is 3. The molecule has 1 amide bonds. The fraction of sp³-hybridized carbons (Fsp3) is 0.514. The zero-order valence-corrected chi connectivity index (χ0v) is 26.1. The lowest BCUT2D eigenvalue weighted by molar-refractivity contribution is -0.126. The van der Waals surface area contributed by atoms with Gasteiger partial charge in [0.2, 0.25) is 5.91 Å². The van der Waals surface area contributed by atoms with Crippen LogP contribution in [0.2, 0.25) is 0 Å². The van der Waals surface area contributed by atoms with Crippen molar-refractivity contribution in [1.29, 1.82) is 0 Å². The average molecular weight is 598 g/mol. The number of hydrogen-bond donors (Lipinski definition) is 0. The predicted octanol–water partition coefficient (Wildman–Crippen LogP) is 4.98. The molecule has 2 saturated carbocycles. The summed E-state index contributed by atoms with van der Waals surface area (Å²) in [6, 6.07) is 5.80. The van der Waals surface area contributed by atoms with Crippen LogP contribution in [0.1, 0.15) is 55.3 Å². The van der Waals surface area contributed by atoms with Crippen LogP contribution in [0.3, 0.4) is 0 Å². The highest BCUT2D eigenvalue weighted by Gasteiger charge is 2.66. The molecular weight excluding hydrogens is 557 g/mol. The third-order valence-electron chi connectivity index (χ3n) is 11.1. The topological polar surface area (TPSA) is 70.9 Å². The number of aromatic nitrogens is 2. The molecule has 4 heterocycles. The Bertz CT molecular complexity index is 1800. The fourth-order valence-electron chi connectivity index (χ4n) is 8.94. The molecule has 2 aliphatic carbocycles. The van der Waals surface area contributed by atoms with Crippen molar-refractivity contribution in [2.75, 3.05) is 44.7 Å². The second kappa shape index (κ2) is 9.39. The smallest absolute Gasteiger partial charge is 0.350 e. The van der Waals surface area contributed by atoms with E-state index in [1.54, 1.807) is 17.9 Å². The third-order valence-corrected chi connectivity index (χ3v) is 11.1. The summed E-state index contributed by atoms with van der Waals surface area (Å²) < 4.78 is 24.5. The van der Waals surface area contributed by atoms with Gasteiger partial charge in [0, 0.05) is 71.7 Å². The van der Waals surface area contributed by atoms with Crippen LogP contribution in [-0.2, 0) is 11.4 Å². The Morgan fingerprint density at radius 2 is 1.80 bits per heavy atom. The maximum atomic E-state index is 15.9. The number of anilines is 1. The highest BCUT2D eigenvalue weighted by molar-refractivity contribution is 6.01. The number of carbonyl (C=O) groups excluding carboxylic acids is 1. The van der Waals surface area contributed by atoms with Crippen molar-refractivity contribution in [3.8, 4) is 16.9 Å². The van der Waals surface area contributed by atoms with Crippen LogP contribution in [0.4, 0.5) is 10.2 Å². The van der Waals surface area contributed by atoms with Crippen LogP contribution in [0.15, 0.2) is 35.6 Å². The van der Waals surface area contributed by atoms with Crippen molar-refractivity contribution in [1.82, 2.24) is 19.4 Å². The zero-order valence-electron chi connectivity index (χ0n) is 26.1. The van der Waals surface area contributed by atoms with Crippen molar-refractivity contribution in [2.24, 2.45) is 10.8 Å². The Balaban J connectivity index is 1.40. The first-order valence-corrected chi connectivity index (χ1v) is 15.9. The maximum absolute atomic E-state index is 15.9. The molecule has 9 heteroatoms. The number of hydrogen-bond acceptors (Lipinski definition) is 6. The Hall–Kier alpha value is -3.72. The third kappa shape index (κ3) is 3.87. The molecule has 3 aliphatic heterocycles. The van der Waals surface area contributed by atoms with Crippen LogP contribution in [0.25, 0.3) is 22.0 Å². The summed E-state index contributed by atoms with van der Waals surface area (Å²) in [7, 11) is 2.20. The van der Waals surface area contributed by atoms with E-state index in [2.05, 4.69) is 36.4 Å². The van der Waals surface area contributed by atoms with Crippen molar-refractivity contribution in [3.63, 3.8) is 0 Å². The van der Waals surface area contributed by atoms with Crippen molar-refractivity contribution < 1.29 is 13.9 Å². The quantitative estimate of drug-likeness (QED) is 0.397. The largest absolute Gasteiger partial charge is 0.486 e. The van der Waals surface area contributed by atoms with Crippen LogP contribution < -0.4 is 15.3 Å². The van der Waals surface area contributed by atoms with Gasteiger partial charge < -0.3 is 19.4 Å². The summed E-state index contributed by atoms with van der Waals surface area (Å²) in [6.45, 7) is 13.2. The van der Waals surface area contributed by atoms with Crippen molar-refractivity contribution in [3.05, 3.63) is 63.8 Å². The van der Waals surface area contributed by atoms with E-state index in [-0.39, 0.29) is 46.9 Å². The highest BCUT2D eigenvalue weighted by atomic mass is 19.1. The second-order valence-electron chi connectivity index (χ2n) is 14.2. The predicted molar refractivity (Wildman–Crippen MR) is 169 cm³/mol. The van der Waals surface area contributed by atoms with Gasteiger partial charge in [0.1, 0.15) is 18.2 Å². The van der Waals surface area contributed by atoms with E-state index in [1.165, 1.54) is 6.08 Å². The van der Waals surface area contributed by atoms with Gasteiger partial charge in [-0.25, -0.2) is 9.18 Å². The molecule has 0 radical (unpaired) electrons. The fourth-order valence-corrected chi connectivity index (χ4v) is 8.94. The first-order valence-electron chi connectivity index (χ1n) is 15.9. The van der Waals surface area contributed by atoms with Crippen LogP contribution in [0.5, 0.6) is 5.75 Å². The molecule has 3 aromatic rings. The van der Waals surface area contributed by atoms with Gasteiger partial charge in [0.05, 0.1) is 11.6 Å². The van der Waals surface area contributed by atoms with E-state index < -0.39 is 0 Å². The Kier molecular flexibility index (Phi) is 5.94. The highest BCUT2D eigenvalue weighted by Crippen LogP contribution is 2.70. The molecule has 44 heavy (non-hydrogen) atoms. The van der Waals surface area contributed by atoms with Gasteiger partial charge in [-0.05, 0) is 76.8 Å². The van der Waals surface area contributed by atoms with Crippen LogP contribution >= 0.6 is 0 Å². The van der Waals surface area contributed by atoms with Gasteiger partial charge >= 0.3 is 5.69 Å². The minimum Gasteiger partial charge on any atom is -0.486 e.